The average Bonchev–Trinajstić information content (AvgIpc) is 3.22. The van der Waals surface area contributed by atoms with E-state index in [0.29, 0.717) is 6.42 Å². The molecular weight excluding hydrogens is 762 g/mol. The van der Waals surface area contributed by atoms with Crippen molar-refractivity contribution in [3.05, 3.63) is 72.9 Å². The van der Waals surface area contributed by atoms with Gasteiger partial charge in [0.05, 0.1) is 19.6 Å². The Labute approximate surface area is 361 Å². The average molecular weight is 848 g/mol. The summed E-state index contributed by atoms with van der Waals surface area (Å²) >= 11 is 0. The number of esters is 2. The molecule has 0 saturated carbocycles. The van der Waals surface area contributed by atoms with Gasteiger partial charge < -0.3 is 20.1 Å². The second kappa shape index (κ2) is 45.0. The summed E-state index contributed by atoms with van der Waals surface area (Å²) in [5, 5.41) is 0. The van der Waals surface area contributed by atoms with Crippen molar-refractivity contribution in [3.63, 3.8) is 0 Å². The lowest BCUT2D eigenvalue weighted by Crippen LogP contribution is -2.29. The minimum atomic E-state index is -4.41. The van der Waals surface area contributed by atoms with Crippen molar-refractivity contribution in [2.24, 2.45) is 5.73 Å². The van der Waals surface area contributed by atoms with Crippen LogP contribution in [0.1, 0.15) is 194 Å². The largest absolute Gasteiger partial charge is 0.472 e. The molecule has 0 fully saturated rings. The van der Waals surface area contributed by atoms with E-state index < -0.39 is 32.5 Å². The Bertz CT molecular complexity index is 1190. The summed E-state index contributed by atoms with van der Waals surface area (Å²) in [7, 11) is -4.41. The Balaban J connectivity index is 4.14. The summed E-state index contributed by atoms with van der Waals surface area (Å²) in [6.07, 6.45) is 55.5. The number of allylic oxidation sites excluding steroid dienone is 11. The van der Waals surface area contributed by atoms with Crippen LogP contribution in [0.15, 0.2) is 72.9 Å². The van der Waals surface area contributed by atoms with Crippen molar-refractivity contribution in [3.8, 4) is 0 Å². The van der Waals surface area contributed by atoms with Gasteiger partial charge in [0.25, 0.3) is 0 Å². The van der Waals surface area contributed by atoms with E-state index in [2.05, 4.69) is 68.5 Å². The highest BCUT2D eigenvalue weighted by Crippen LogP contribution is 2.43. The van der Waals surface area contributed by atoms with Gasteiger partial charge in [0.2, 0.25) is 0 Å². The van der Waals surface area contributed by atoms with Crippen molar-refractivity contribution < 1.29 is 37.6 Å². The maximum Gasteiger partial charge on any atom is 0.472 e. The summed E-state index contributed by atoms with van der Waals surface area (Å²) in [6.45, 7) is 3.50. The molecule has 10 heteroatoms. The molecular formula is C49H86NO8P. The topological polar surface area (TPSA) is 134 Å². The fourth-order valence-corrected chi connectivity index (χ4v) is 6.94. The molecule has 0 bridgehead atoms. The number of phosphoric acid groups is 1. The molecule has 3 N–H and O–H groups in total. The number of carbonyl (C=O) groups excluding carboxylic acids is 2. The second-order valence-electron chi connectivity index (χ2n) is 15.3. The van der Waals surface area contributed by atoms with Crippen LogP contribution in [0.25, 0.3) is 0 Å². The zero-order valence-corrected chi connectivity index (χ0v) is 38.4. The van der Waals surface area contributed by atoms with Gasteiger partial charge in [0.15, 0.2) is 6.10 Å². The molecule has 0 saturated heterocycles. The van der Waals surface area contributed by atoms with Gasteiger partial charge in [0.1, 0.15) is 6.61 Å². The second-order valence-corrected chi connectivity index (χ2v) is 16.7. The molecule has 0 heterocycles. The molecule has 0 amide bonds. The highest BCUT2D eigenvalue weighted by atomic mass is 31.2. The van der Waals surface area contributed by atoms with E-state index in [1.165, 1.54) is 116 Å². The summed E-state index contributed by atoms with van der Waals surface area (Å²) in [6, 6.07) is 0. The Morgan fingerprint density at radius 3 is 1.46 bits per heavy atom. The van der Waals surface area contributed by atoms with E-state index in [1.807, 2.05) is 12.2 Å². The fraction of sp³-hybridized carbons (Fsp3) is 0.714. The zero-order chi connectivity index (χ0) is 43.2. The van der Waals surface area contributed by atoms with Crippen LogP contribution in [0, 0.1) is 0 Å². The first-order valence-corrected chi connectivity index (χ1v) is 24.9. The number of hydrogen-bond donors (Lipinski definition) is 2. The van der Waals surface area contributed by atoms with Crippen LogP contribution in [-0.4, -0.2) is 49.3 Å². The van der Waals surface area contributed by atoms with Gasteiger partial charge in [-0.25, -0.2) is 4.57 Å². The molecule has 0 aromatic carbocycles. The quantitative estimate of drug-likeness (QED) is 0.0266. The molecule has 0 aromatic rings. The number of rotatable bonds is 43. The van der Waals surface area contributed by atoms with E-state index in [9.17, 15) is 19.0 Å². The number of carbonyl (C=O) groups is 2. The SMILES string of the molecule is CC/C=C\C/C=C\C/C=C\C/C=C\C/C=C\CC(=O)OC(COC(=O)CCCCCCCCCCCCC/C=C\CCCCCCCCCC)COP(=O)(O)OCCN. The molecule has 0 aromatic heterocycles. The first-order valence-electron chi connectivity index (χ1n) is 23.4. The van der Waals surface area contributed by atoms with Crippen LogP contribution >= 0.6 is 7.82 Å². The molecule has 0 rings (SSSR count). The van der Waals surface area contributed by atoms with Crippen molar-refractivity contribution in [2.45, 2.75) is 200 Å². The molecule has 9 nitrogen and oxygen atoms in total. The van der Waals surface area contributed by atoms with E-state index in [1.54, 1.807) is 6.08 Å². The predicted octanol–water partition coefficient (Wildman–Crippen LogP) is 13.8. The minimum absolute atomic E-state index is 0.00421. The van der Waals surface area contributed by atoms with Crippen molar-refractivity contribution in [1.82, 2.24) is 0 Å². The zero-order valence-electron chi connectivity index (χ0n) is 37.5. The Kier molecular flexibility index (Phi) is 43.0. The van der Waals surface area contributed by atoms with Gasteiger partial charge in [0, 0.05) is 13.0 Å². The minimum Gasteiger partial charge on any atom is -0.462 e. The van der Waals surface area contributed by atoms with E-state index in [0.717, 1.165) is 44.9 Å². The third-order valence-corrected chi connectivity index (χ3v) is 10.6. The third-order valence-electron chi connectivity index (χ3n) is 9.61. The molecule has 0 aliphatic heterocycles. The van der Waals surface area contributed by atoms with Gasteiger partial charge in [-0.1, -0.05) is 189 Å². The van der Waals surface area contributed by atoms with E-state index in [-0.39, 0.29) is 32.6 Å². The standard InChI is InChI=1S/C49H86NO8P/c1-3-5-7-9-11-13-15-17-19-20-21-22-23-24-25-26-28-29-31-33-35-37-39-41-48(51)55-45-47(46-57-59(53,54)56-44-43-50)58-49(52)42-40-38-36-34-32-30-27-18-16-14-12-10-8-6-4-2/h6,8,12,14,18,20-21,27,32,34,38,40,47H,3-5,7,9-11,13,15-17,19,22-26,28-31,33,35-37,39,41-46,50H2,1-2H3,(H,53,54)/b8-6-,14-12-,21-20-,27-18-,34-32-,40-38-. The smallest absolute Gasteiger partial charge is 0.462 e. The molecule has 2 unspecified atom stereocenters. The lowest BCUT2D eigenvalue weighted by atomic mass is 10.0. The van der Waals surface area contributed by atoms with Gasteiger partial charge in [-0.15, -0.1) is 0 Å². The van der Waals surface area contributed by atoms with Crippen molar-refractivity contribution in [2.75, 3.05) is 26.4 Å². The highest BCUT2D eigenvalue weighted by molar-refractivity contribution is 7.47. The molecule has 0 aliphatic carbocycles. The Morgan fingerprint density at radius 1 is 0.542 bits per heavy atom. The van der Waals surface area contributed by atoms with E-state index >= 15 is 0 Å². The number of ether oxygens (including phenoxy) is 2. The van der Waals surface area contributed by atoms with E-state index in [4.69, 9.17) is 24.3 Å². The first kappa shape index (κ1) is 56.5. The van der Waals surface area contributed by atoms with Crippen LogP contribution in [0.2, 0.25) is 0 Å². The number of hydrogen-bond acceptors (Lipinski definition) is 8. The fourth-order valence-electron chi connectivity index (χ4n) is 6.18. The molecule has 0 radical (unpaired) electrons. The third kappa shape index (κ3) is 44.8. The summed E-state index contributed by atoms with van der Waals surface area (Å²) < 4.78 is 32.7. The van der Waals surface area contributed by atoms with Gasteiger partial charge in [-0.2, -0.15) is 0 Å². The Morgan fingerprint density at radius 2 is 0.983 bits per heavy atom. The maximum atomic E-state index is 12.5. The van der Waals surface area contributed by atoms with Gasteiger partial charge in [-0.05, 0) is 64.2 Å². The summed E-state index contributed by atoms with van der Waals surface area (Å²) in [4.78, 5) is 34.9. The highest BCUT2D eigenvalue weighted by Gasteiger charge is 2.25. The molecule has 59 heavy (non-hydrogen) atoms. The van der Waals surface area contributed by atoms with Crippen LogP contribution in [0.5, 0.6) is 0 Å². The number of nitrogens with two attached hydrogens (primary N) is 1. The molecule has 0 spiro atoms. The molecule has 340 valence electrons. The molecule has 2 atom stereocenters. The van der Waals surface area contributed by atoms with Gasteiger partial charge >= 0.3 is 19.8 Å². The summed E-state index contributed by atoms with van der Waals surface area (Å²) in [5.74, 6) is -0.978. The number of unbranched alkanes of at least 4 members (excludes halogenated alkanes) is 19. The van der Waals surface area contributed by atoms with Crippen molar-refractivity contribution in [1.29, 1.82) is 0 Å². The predicted molar refractivity (Wildman–Crippen MR) is 247 cm³/mol. The van der Waals surface area contributed by atoms with Crippen LogP contribution in [0.4, 0.5) is 0 Å². The molecule has 0 aliphatic rings. The lowest BCUT2D eigenvalue weighted by Gasteiger charge is -2.19. The Hall–Kier alpha value is -2.55. The van der Waals surface area contributed by atoms with Crippen LogP contribution in [0.3, 0.4) is 0 Å². The number of phosphoric ester groups is 1. The summed E-state index contributed by atoms with van der Waals surface area (Å²) in [5.41, 5.74) is 5.34. The maximum absolute atomic E-state index is 12.5. The van der Waals surface area contributed by atoms with Crippen LogP contribution in [-0.2, 0) is 32.7 Å². The van der Waals surface area contributed by atoms with Crippen LogP contribution < -0.4 is 5.73 Å². The first-order chi connectivity index (χ1) is 28.8. The normalized spacial score (nSPS) is 13.9. The lowest BCUT2D eigenvalue weighted by molar-refractivity contribution is -0.160. The monoisotopic (exact) mass is 848 g/mol. The van der Waals surface area contributed by atoms with Crippen molar-refractivity contribution >= 4 is 19.8 Å². The van der Waals surface area contributed by atoms with Gasteiger partial charge in [-0.3, -0.25) is 18.6 Å².